The molecule has 1 aliphatic rings. The zero-order chi connectivity index (χ0) is 18.4. The van der Waals surface area contributed by atoms with Gasteiger partial charge >= 0.3 is 12.0 Å². The first-order chi connectivity index (χ1) is 12.6. The molecule has 1 aliphatic carbocycles. The Morgan fingerprint density at radius 1 is 1.00 bits per heavy atom. The van der Waals surface area contributed by atoms with Crippen LogP contribution in [0.3, 0.4) is 0 Å². The Morgan fingerprint density at radius 3 is 2.50 bits per heavy atom. The first-order valence-corrected chi connectivity index (χ1v) is 8.84. The number of ether oxygens (including phenoxy) is 1. The van der Waals surface area contributed by atoms with Crippen molar-refractivity contribution in [3.8, 4) is 0 Å². The first-order valence-electron chi connectivity index (χ1n) is 8.84. The fourth-order valence-electron chi connectivity index (χ4n) is 3.17. The van der Waals surface area contributed by atoms with E-state index < -0.39 is 24.5 Å². The number of nitrogens with one attached hydrogen (secondary N) is 2. The molecule has 6 nitrogen and oxygen atoms in total. The lowest BCUT2D eigenvalue weighted by atomic mass is 10.1. The summed E-state index contributed by atoms with van der Waals surface area (Å²) >= 11 is 0. The van der Waals surface area contributed by atoms with E-state index in [0.717, 1.165) is 42.0 Å². The van der Waals surface area contributed by atoms with E-state index in [2.05, 4.69) is 10.6 Å². The molecule has 3 rings (SSSR count). The molecule has 2 aromatic carbocycles. The minimum Gasteiger partial charge on any atom is -0.455 e. The summed E-state index contributed by atoms with van der Waals surface area (Å²) in [5.74, 6) is -1.14. The third-order valence-corrected chi connectivity index (χ3v) is 4.47. The van der Waals surface area contributed by atoms with Gasteiger partial charge in [0.1, 0.15) is 0 Å². The number of rotatable bonds is 5. The van der Waals surface area contributed by atoms with Crippen LogP contribution in [0.25, 0.3) is 10.8 Å². The Labute approximate surface area is 151 Å². The molecule has 0 heterocycles. The second-order valence-corrected chi connectivity index (χ2v) is 6.52. The lowest BCUT2D eigenvalue weighted by Crippen LogP contribution is -2.45. The van der Waals surface area contributed by atoms with Crippen molar-refractivity contribution in [2.75, 3.05) is 6.61 Å². The van der Waals surface area contributed by atoms with E-state index in [9.17, 15) is 14.4 Å². The molecule has 136 valence electrons. The van der Waals surface area contributed by atoms with Gasteiger partial charge in [0.15, 0.2) is 6.61 Å². The maximum absolute atomic E-state index is 11.9. The highest BCUT2D eigenvalue weighted by Gasteiger charge is 2.18. The minimum absolute atomic E-state index is 0.0758. The Balaban J connectivity index is 1.42. The molecule has 0 saturated heterocycles. The molecule has 1 saturated carbocycles. The van der Waals surface area contributed by atoms with Crippen molar-refractivity contribution in [3.63, 3.8) is 0 Å². The summed E-state index contributed by atoms with van der Waals surface area (Å²) in [6, 6.07) is 13.2. The number of esters is 1. The average molecular weight is 354 g/mol. The molecular formula is C20H22N2O4. The number of amides is 3. The summed E-state index contributed by atoms with van der Waals surface area (Å²) in [6.07, 6.45) is 4.12. The van der Waals surface area contributed by atoms with E-state index in [-0.39, 0.29) is 12.5 Å². The van der Waals surface area contributed by atoms with Crippen molar-refractivity contribution < 1.29 is 19.1 Å². The smallest absolute Gasteiger partial charge is 0.321 e. The van der Waals surface area contributed by atoms with Crippen LogP contribution in [0.4, 0.5) is 4.79 Å². The molecule has 0 aliphatic heterocycles. The third-order valence-electron chi connectivity index (χ3n) is 4.47. The number of fused-ring (bicyclic) bond motifs is 1. The Morgan fingerprint density at radius 2 is 1.73 bits per heavy atom. The summed E-state index contributed by atoms with van der Waals surface area (Å²) < 4.78 is 4.96. The van der Waals surface area contributed by atoms with Crippen LogP contribution >= 0.6 is 0 Å². The molecule has 2 N–H and O–H groups in total. The van der Waals surface area contributed by atoms with Gasteiger partial charge in [-0.25, -0.2) is 4.79 Å². The molecule has 26 heavy (non-hydrogen) atoms. The Bertz CT molecular complexity index is 812. The number of hydrogen-bond donors (Lipinski definition) is 2. The van der Waals surface area contributed by atoms with Gasteiger partial charge in [-0.1, -0.05) is 55.3 Å². The van der Waals surface area contributed by atoms with Crippen LogP contribution in [0.2, 0.25) is 0 Å². The zero-order valence-corrected chi connectivity index (χ0v) is 14.5. The number of carbonyl (C=O) groups is 3. The molecule has 0 atom stereocenters. The largest absolute Gasteiger partial charge is 0.455 e. The summed E-state index contributed by atoms with van der Waals surface area (Å²) in [4.78, 5) is 35.3. The van der Waals surface area contributed by atoms with E-state index in [4.69, 9.17) is 4.74 Å². The van der Waals surface area contributed by atoms with Crippen molar-refractivity contribution in [3.05, 3.63) is 48.0 Å². The van der Waals surface area contributed by atoms with Crippen LogP contribution in [0.1, 0.15) is 31.2 Å². The van der Waals surface area contributed by atoms with Gasteiger partial charge in [-0.3, -0.25) is 14.9 Å². The van der Waals surface area contributed by atoms with Crippen LogP contribution in [0.15, 0.2) is 42.5 Å². The molecule has 0 spiro atoms. The van der Waals surface area contributed by atoms with E-state index in [1.807, 2.05) is 42.5 Å². The molecule has 0 unspecified atom stereocenters. The summed E-state index contributed by atoms with van der Waals surface area (Å²) in [5, 5.41) is 7.06. The van der Waals surface area contributed by atoms with E-state index in [0.29, 0.717) is 0 Å². The number of benzene rings is 2. The Hall–Kier alpha value is -2.89. The van der Waals surface area contributed by atoms with Crippen LogP contribution in [-0.2, 0) is 20.7 Å². The number of imide groups is 1. The molecule has 0 aromatic heterocycles. The highest BCUT2D eigenvalue weighted by molar-refractivity contribution is 5.95. The highest BCUT2D eigenvalue weighted by Crippen LogP contribution is 2.17. The number of hydrogen-bond acceptors (Lipinski definition) is 4. The van der Waals surface area contributed by atoms with Gasteiger partial charge in [0.25, 0.3) is 5.91 Å². The second-order valence-electron chi connectivity index (χ2n) is 6.52. The van der Waals surface area contributed by atoms with E-state index >= 15 is 0 Å². The van der Waals surface area contributed by atoms with Crippen molar-refractivity contribution >= 4 is 28.7 Å². The first kappa shape index (κ1) is 17.9. The van der Waals surface area contributed by atoms with Crippen molar-refractivity contribution in [1.82, 2.24) is 10.6 Å². The molecule has 2 aromatic rings. The zero-order valence-electron chi connectivity index (χ0n) is 14.5. The summed E-state index contributed by atoms with van der Waals surface area (Å²) in [6.45, 7) is -0.468. The number of urea groups is 1. The monoisotopic (exact) mass is 354 g/mol. The molecule has 3 amide bonds. The van der Waals surface area contributed by atoms with Crippen molar-refractivity contribution in [2.24, 2.45) is 0 Å². The fraction of sp³-hybridized carbons (Fsp3) is 0.350. The number of carbonyl (C=O) groups excluding carboxylic acids is 3. The van der Waals surface area contributed by atoms with Crippen molar-refractivity contribution in [1.29, 1.82) is 0 Å². The normalized spacial score (nSPS) is 14.2. The van der Waals surface area contributed by atoms with Gasteiger partial charge in [0.05, 0.1) is 6.42 Å². The minimum atomic E-state index is -0.632. The molecule has 1 fully saturated rings. The lowest BCUT2D eigenvalue weighted by molar-refractivity contribution is -0.147. The van der Waals surface area contributed by atoms with Crippen LogP contribution in [0.5, 0.6) is 0 Å². The quantitative estimate of drug-likeness (QED) is 0.809. The molecular weight excluding hydrogens is 332 g/mol. The maximum Gasteiger partial charge on any atom is 0.321 e. The van der Waals surface area contributed by atoms with Gasteiger partial charge in [-0.2, -0.15) is 0 Å². The van der Waals surface area contributed by atoms with Gasteiger partial charge < -0.3 is 10.1 Å². The lowest BCUT2D eigenvalue weighted by Gasteiger charge is -2.12. The predicted octanol–water partition coefficient (Wildman–Crippen LogP) is 2.69. The SMILES string of the molecule is O=C(COC(=O)Cc1ccc2ccccc2c1)NC(=O)NC1CCCC1. The molecule has 0 bridgehead atoms. The molecule has 0 radical (unpaired) electrons. The maximum atomic E-state index is 11.9. The van der Waals surface area contributed by atoms with Crippen LogP contribution in [0, 0.1) is 0 Å². The van der Waals surface area contributed by atoms with Gasteiger partial charge in [0.2, 0.25) is 0 Å². The van der Waals surface area contributed by atoms with Gasteiger partial charge in [-0.15, -0.1) is 0 Å². The second kappa shape index (κ2) is 8.47. The van der Waals surface area contributed by atoms with Crippen LogP contribution < -0.4 is 10.6 Å². The predicted molar refractivity (Wildman–Crippen MR) is 97.5 cm³/mol. The standard InChI is InChI=1S/C20H22N2O4/c23-18(22-20(25)21-17-7-3-4-8-17)13-26-19(24)12-14-9-10-15-5-1-2-6-16(15)11-14/h1-2,5-6,9-11,17H,3-4,7-8,12-13H2,(H2,21,22,23,25). The van der Waals surface area contributed by atoms with Gasteiger partial charge in [0, 0.05) is 6.04 Å². The average Bonchev–Trinajstić information content (AvgIpc) is 3.12. The van der Waals surface area contributed by atoms with E-state index in [1.54, 1.807) is 0 Å². The summed E-state index contributed by atoms with van der Waals surface area (Å²) in [5.41, 5.74) is 0.813. The highest BCUT2D eigenvalue weighted by atomic mass is 16.5. The molecule has 6 heteroatoms. The van der Waals surface area contributed by atoms with E-state index in [1.165, 1.54) is 0 Å². The third kappa shape index (κ3) is 5.05. The topological polar surface area (TPSA) is 84.5 Å². The fourth-order valence-corrected chi connectivity index (χ4v) is 3.17. The van der Waals surface area contributed by atoms with Crippen LogP contribution in [-0.4, -0.2) is 30.6 Å². The van der Waals surface area contributed by atoms with Crippen molar-refractivity contribution in [2.45, 2.75) is 38.1 Å². The Kier molecular flexibility index (Phi) is 5.84. The summed E-state index contributed by atoms with van der Waals surface area (Å²) in [7, 11) is 0. The van der Waals surface area contributed by atoms with Gasteiger partial charge in [-0.05, 0) is 29.2 Å².